The fraction of sp³-hybridized carbons (Fsp3) is 0.250. The number of fused-ring (bicyclic) bond motifs is 1. The van der Waals surface area contributed by atoms with Crippen LogP contribution in [0.3, 0.4) is 0 Å². The highest BCUT2D eigenvalue weighted by Gasteiger charge is 2.21. The van der Waals surface area contributed by atoms with Gasteiger partial charge in [-0.25, -0.2) is 4.98 Å². The maximum absolute atomic E-state index is 11.9. The fourth-order valence-electron chi connectivity index (χ4n) is 2.15. The zero-order valence-corrected chi connectivity index (χ0v) is 12.5. The number of carbonyl (C=O) groups excluding carboxylic acids is 1. The van der Waals surface area contributed by atoms with E-state index in [1.165, 1.54) is 6.20 Å². The van der Waals surface area contributed by atoms with E-state index in [2.05, 4.69) is 10.3 Å². The van der Waals surface area contributed by atoms with E-state index in [1.54, 1.807) is 12.1 Å². The Morgan fingerprint density at radius 2 is 2.09 bits per heavy atom. The van der Waals surface area contributed by atoms with Crippen LogP contribution in [0.2, 0.25) is 5.02 Å². The van der Waals surface area contributed by atoms with Crippen LogP contribution < -0.4 is 14.8 Å². The third-order valence-corrected chi connectivity index (χ3v) is 3.48. The van der Waals surface area contributed by atoms with Gasteiger partial charge in [0.15, 0.2) is 11.5 Å². The molecule has 0 spiro atoms. The van der Waals surface area contributed by atoms with Gasteiger partial charge >= 0.3 is 0 Å². The molecule has 6 heteroatoms. The van der Waals surface area contributed by atoms with E-state index >= 15 is 0 Å². The van der Waals surface area contributed by atoms with E-state index in [4.69, 9.17) is 21.1 Å². The van der Waals surface area contributed by atoms with Crippen LogP contribution in [-0.2, 0) is 4.79 Å². The van der Waals surface area contributed by atoms with Crippen LogP contribution in [0.4, 0.5) is 5.82 Å². The first-order valence-electron chi connectivity index (χ1n) is 7.00. The third kappa shape index (κ3) is 3.68. The molecule has 1 aliphatic rings. The van der Waals surface area contributed by atoms with Gasteiger partial charge in [-0.15, -0.1) is 0 Å². The lowest BCUT2D eigenvalue weighted by atomic mass is 10.1. The second-order valence-electron chi connectivity index (χ2n) is 4.95. The van der Waals surface area contributed by atoms with Crippen LogP contribution in [0.5, 0.6) is 11.5 Å². The number of halogens is 1. The van der Waals surface area contributed by atoms with Crippen LogP contribution in [0.15, 0.2) is 42.6 Å². The van der Waals surface area contributed by atoms with Crippen LogP contribution in [0.25, 0.3) is 0 Å². The van der Waals surface area contributed by atoms with Crippen molar-refractivity contribution in [3.63, 3.8) is 0 Å². The van der Waals surface area contributed by atoms with Gasteiger partial charge in [-0.2, -0.15) is 0 Å². The molecule has 1 aromatic carbocycles. The molecule has 2 aromatic rings. The average molecular weight is 319 g/mol. The molecule has 1 atom stereocenters. The Bertz CT molecular complexity index is 661. The van der Waals surface area contributed by atoms with Crippen LogP contribution >= 0.6 is 11.6 Å². The summed E-state index contributed by atoms with van der Waals surface area (Å²) in [5.41, 5.74) is 0. The average Bonchev–Trinajstić information content (AvgIpc) is 2.55. The second-order valence-corrected chi connectivity index (χ2v) is 5.38. The highest BCUT2D eigenvalue weighted by atomic mass is 35.5. The molecule has 22 heavy (non-hydrogen) atoms. The molecule has 0 aliphatic carbocycles. The Hall–Kier alpha value is -2.27. The number of amides is 1. The first kappa shape index (κ1) is 14.7. The predicted octanol–water partition coefficient (Wildman–Crippen LogP) is 3.29. The van der Waals surface area contributed by atoms with Crippen molar-refractivity contribution in [3.05, 3.63) is 47.6 Å². The minimum atomic E-state index is -0.126. The quantitative estimate of drug-likeness (QED) is 0.939. The SMILES string of the molecule is O=C(CC[C@@H]1COc2ccccc2O1)Nc1ccc(Cl)cn1. The lowest BCUT2D eigenvalue weighted by Crippen LogP contribution is -2.30. The molecule has 2 heterocycles. The van der Waals surface area contributed by atoms with Gasteiger partial charge in [0, 0.05) is 12.6 Å². The van der Waals surface area contributed by atoms with E-state index in [0.717, 1.165) is 11.5 Å². The standard InChI is InChI=1S/C16H15ClN2O3/c17-11-5-7-15(18-9-11)19-16(20)8-6-12-10-21-13-3-1-2-4-14(13)22-12/h1-5,7,9,12H,6,8,10H2,(H,18,19,20)/t12-/m1/s1. The summed E-state index contributed by atoms with van der Waals surface area (Å²) in [6, 6.07) is 10.9. The fourth-order valence-corrected chi connectivity index (χ4v) is 2.26. The molecule has 1 aliphatic heterocycles. The zero-order chi connectivity index (χ0) is 15.4. The van der Waals surface area contributed by atoms with Crippen molar-refractivity contribution in [1.29, 1.82) is 0 Å². The Morgan fingerprint density at radius 1 is 1.27 bits per heavy atom. The minimum Gasteiger partial charge on any atom is -0.486 e. The smallest absolute Gasteiger partial charge is 0.225 e. The minimum absolute atomic E-state index is 0.114. The van der Waals surface area contributed by atoms with Gasteiger partial charge in [0.2, 0.25) is 5.91 Å². The number of rotatable bonds is 4. The highest BCUT2D eigenvalue weighted by Crippen LogP contribution is 2.31. The van der Waals surface area contributed by atoms with Crippen LogP contribution in [-0.4, -0.2) is 23.6 Å². The van der Waals surface area contributed by atoms with Gasteiger partial charge in [-0.3, -0.25) is 4.79 Å². The van der Waals surface area contributed by atoms with E-state index in [9.17, 15) is 4.79 Å². The van der Waals surface area contributed by atoms with Gasteiger partial charge in [0.25, 0.3) is 0 Å². The molecule has 0 saturated carbocycles. The Labute approximate surface area is 133 Å². The number of pyridine rings is 1. The summed E-state index contributed by atoms with van der Waals surface area (Å²) in [5.74, 6) is 1.84. The number of nitrogens with one attached hydrogen (secondary N) is 1. The molecular formula is C16H15ClN2O3. The van der Waals surface area contributed by atoms with Gasteiger partial charge in [0.1, 0.15) is 18.5 Å². The molecule has 1 aromatic heterocycles. The number of hydrogen-bond acceptors (Lipinski definition) is 4. The van der Waals surface area contributed by atoms with Crippen molar-refractivity contribution in [1.82, 2.24) is 4.98 Å². The Balaban J connectivity index is 1.49. The van der Waals surface area contributed by atoms with Gasteiger partial charge in [-0.05, 0) is 30.7 Å². The molecule has 114 valence electrons. The number of carbonyl (C=O) groups is 1. The number of hydrogen-bond donors (Lipinski definition) is 1. The molecule has 1 N–H and O–H groups in total. The molecule has 0 radical (unpaired) electrons. The monoisotopic (exact) mass is 318 g/mol. The lowest BCUT2D eigenvalue weighted by Gasteiger charge is -2.26. The van der Waals surface area contributed by atoms with Crippen molar-refractivity contribution < 1.29 is 14.3 Å². The number of para-hydroxylation sites is 2. The molecule has 0 bridgehead atoms. The summed E-state index contributed by atoms with van der Waals surface area (Å²) in [7, 11) is 0. The van der Waals surface area contributed by atoms with Crippen molar-refractivity contribution in [2.75, 3.05) is 11.9 Å². The summed E-state index contributed by atoms with van der Waals surface area (Å²) < 4.78 is 11.4. The van der Waals surface area contributed by atoms with E-state index in [-0.39, 0.29) is 12.0 Å². The number of nitrogens with zero attached hydrogens (tertiary/aromatic N) is 1. The summed E-state index contributed by atoms with van der Waals surface area (Å²) in [6.07, 6.45) is 2.28. The van der Waals surface area contributed by atoms with Gasteiger partial charge in [0.05, 0.1) is 5.02 Å². The zero-order valence-electron chi connectivity index (χ0n) is 11.8. The van der Waals surface area contributed by atoms with E-state index < -0.39 is 0 Å². The van der Waals surface area contributed by atoms with Gasteiger partial charge < -0.3 is 14.8 Å². The maximum atomic E-state index is 11.9. The first-order valence-corrected chi connectivity index (χ1v) is 7.38. The lowest BCUT2D eigenvalue weighted by molar-refractivity contribution is -0.116. The number of ether oxygens (including phenoxy) is 2. The molecule has 0 unspecified atom stereocenters. The summed E-state index contributed by atoms with van der Waals surface area (Å²) in [6.45, 7) is 0.448. The largest absolute Gasteiger partial charge is 0.486 e. The Kier molecular flexibility index (Phi) is 4.44. The molecular weight excluding hydrogens is 304 g/mol. The molecule has 0 saturated heterocycles. The first-order chi connectivity index (χ1) is 10.7. The van der Waals surface area contributed by atoms with E-state index in [1.807, 2.05) is 24.3 Å². The van der Waals surface area contributed by atoms with Gasteiger partial charge in [-0.1, -0.05) is 23.7 Å². The molecule has 3 rings (SSSR count). The molecule has 0 fully saturated rings. The van der Waals surface area contributed by atoms with Crippen molar-refractivity contribution in [3.8, 4) is 11.5 Å². The number of anilines is 1. The maximum Gasteiger partial charge on any atom is 0.225 e. The number of benzene rings is 1. The van der Waals surface area contributed by atoms with Crippen LogP contribution in [0.1, 0.15) is 12.8 Å². The topological polar surface area (TPSA) is 60.5 Å². The predicted molar refractivity (Wildman–Crippen MR) is 83.5 cm³/mol. The normalized spacial score (nSPS) is 16.1. The highest BCUT2D eigenvalue weighted by molar-refractivity contribution is 6.30. The molecule has 1 amide bonds. The van der Waals surface area contributed by atoms with E-state index in [0.29, 0.717) is 30.3 Å². The molecule has 5 nitrogen and oxygen atoms in total. The van der Waals surface area contributed by atoms with Crippen molar-refractivity contribution in [2.24, 2.45) is 0 Å². The summed E-state index contributed by atoms with van der Waals surface area (Å²) in [4.78, 5) is 15.9. The second kappa shape index (κ2) is 6.66. The van der Waals surface area contributed by atoms with Crippen molar-refractivity contribution >= 4 is 23.3 Å². The summed E-state index contributed by atoms with van der Waals surface area (Å²) >= 11 is 5.75. The number of aromatic nitrogens is 1. The summed E-state index contributed by atoms with van der Waals surface area (Å²) in [5, 5.41) is 3.25. The Morgan fingerprint density at radius 3 is 2.86 bits per heavy atom. The third-order valence-electron chi connectivity index (χ3n) is 3.26. The van der Waals surface area contributed by atoms with Crippen molar-refractivity contribution in [2.45, 2.75) is 18.9 Å². The van der Waals surface area contributed by atoms with Crippen LogP contribution in [0, 0.1) is 0 Å².